The van der Waals surface area contributed by atoms with Crippen LogP contribution >= 0.6 is 0 Å². The number of nitrogens with zero attached hydrogens (tertiary/aromatic N) is 2. The smallest absolute Gasteiger partial charge is 0.262 e. The maximum atomic E-state index is 12.1. The van der Waals surface area contributed by atoms with Crippen LogP contribution in [0.2, 0.25) is 0 Å². The van der Waals surface area contributed by atoms with Gasteiger partial charge in [-0.25, -0.2) is 0 Å². The zero-order valence-electron chi connectivity index (χ0n) is 14.4. The molecule has 3 aromatic rings. The molecule has 0 spiro atoms. The second-order valence-corrected chi connectivity index (χ2v) is 5.76. The number of aryl methyl sites for hydroxylation is 2. The maximum Gasteiger partial charge on any atom is 0.262 e. The Labute approximate surface area is 145 Å². The van der Waals surface area contributed by atoms with Crippen LogP contribution in [0.5, 0.6) is 5.75 Å². The first kappa shape index (κ1) is 16.7. The van der Waals surface area contributed by atoms with Crippen LogP contribution in [0.4, 0.5) is 5.69 Å². The molecule has 25 heavy (non-hydrogen) atoms. The highest BCUT2D eigenvalue weighted by molar-refractivity contribution is 5.92. The summed E-state index contributed by atoms with van der Waals surface area (Å²) in [6.45, 7) is 5.65. The number of benzene rings is 2. The highest BCUT2D eigenvalue weighted by atomic mass is 16.5. The van der Waals surface area contributed by atoms with E-state index in [9.17, 15) is 4.79 Å². The molecule has 0 radical (unpaired) electrons. The molecule has 1 aromatic heterocycles. The highest BCUT2D eigenvalue weighted by Gasteiger charge is 2.09. The van der Waals surface area contributed by atoms with E-state index in [0.29, 0.717) is 17.5 Å². The molecule has 0 fully saturated rings. The van der Waals surface area contributed by atoms with Crippen molar-refractivity contribution in [3.8, 4) is 17.2 Å². The van der Waals surface area contributed by atoms with Gasteiger partial charge in [-0.05, 0) is 56.2 Å². The van der Waals surface area contributed by atoms with Crippen molar-refractivity contribution in [2.75, 3.05) is 11.9 Å². The van der Waals surface area contributed by atoms with Crippen molar-refractivity contribution in [2.24, 2.45) is 0 Å². The Hall–Kier alpha value is -3.15. The Balaban J connectivity index is 1.63. The summed E-state index contributed by atoms with van der Waals surface area (Å²) >= 11 is 0. The molecule has 0 aliphatic carbocycles. The number of carbonyl (C=O) groups excluding carboxylic acids is 1. The van der Waals surface area contributed by atoms with Gasteiger partial charge in [0.05, 0.1) is 0 Å². The van der Waals surface area contributed by atoms with Gasteiger partial charge >= 0.3 is 0 Å². The molecule has 6 nitrogen and oxygen atoms in total. The average molecular weight is 337 g/mol. The summed E-state index contributed by atoms with van der Waals surface area (Å²) in [7, 11) is 0. The molecule has 0 aliphatic heterocycles. The minimum atomic E-state index is -0.215. The number of rotatable bonds is 5. The SMILES string of the molecule is Cc1noc(-c2cccc(OCC(=O)Nc3cccc(C)c3C)c2)n1. The summed E-state index contributed by atoms with van der Waals surface area (Å²) in [6.07, 6.45) is 0. The average Bonchev–Trinajstić information content (AvgIpc) is 3.04. The zero-order valence-corrected chi connectivity index (χ0v) is 14.4. The second-order valence-electron chi connectivity index (χ2n) is 5.76. The minimum absolute atomic E-state index is 0.0836. The number of aromatic nitrogens is 2. The van der Waals surface area contributed by atoms with Crippen LogP contribution in [0.25, 0.3) is 11.5 Å². The van der Waals surface area contributed by atoms with Crippen LogP contribution in [0.1, 0.15) is 17.0 Å². The Morgan fingerprint density at radius 2 is 1.96 bits per heavy atom. The third-order valence-electron chi connectivity index (χ3n) is 3.86. The molecule has 1 amide bonds. The lowest BCUT2D eigenvalue weighted by Crippen LogP contribution is -2.20. The molecule has 128 valence electrons. The van der Waals surface area contributed by atoms with E-state index in [4.69, 9.17) is 9.26 Å². The van der Waals surface area contributed by atoms with E-state index in [1.807, 2.05) is 44.2 Å². The third kappa shape index (κ3) is 4.03. The molecule has 0 saturated carbocycles. The Morgan fingerprint density at radius 1 is 1.16 bits per heavy atom. The largest absolute Gasteiger partial charge is 0.484 e. The van der Waals surface area contributed by atoms with E-state index in [-0.39, 0.29) is 12.5 Å². The predicted octanol–water partition coefficient (Wildman–Crippen LogP) is 3.68. The molecule has 0 atom stereocenters. The molecular weight excluding hydrogens is 318 g/mol. The van der Waals surface area contributed by atoms with Crippen molar-refractivity contribution in [2.45, 2.75) is 20.8 Å². The second kappa shape index (κ2) is 7.17. The lowest BCUT2D eigenvalue weighted by Gasteiger charge is -2.11. The quantitative estimate of drug-likeness (QED) is 0.768. The lowest BCUT2D eigenvalue weighted by molar-refractivity contribution is -0.118. The van der Waals surface area contributed by atoms with E-state index < -0.39 is 0 Å². The van der Waals surface area contributed by atoms with E-state index in [0.717, 1.165) is 22.4 Å². The van der Waals surface area contributed by atoms with Gasteiger partial charge in [0.1, 0.15) is 5.75 Å². The number of carbonyl (C=O) groups is 1. The van der Waals surface area contributed by atoms with Gasteiger partial charge in [0, 0.05) is 11.3 Å². The highest BCUT2D eigenvalue weighted by Crippen LogP contribution is 2.22. The van der Waals surface area contributed by atoms with Crippen LogP contribution < -0.4 is 10.1 Å². The number of anilines is 1. The summed E-state index contributed by atoms with van der Waals surface area (Å²) in [4.78, 5) is 16.3. The molecule has 1 heterocycles. The van der Waals surface area contributed by atoms with Gasteiger partial charge in [0.2, 0.25) is 0 Å². The fraction of sp³-hybridized carbons (Fsp3) is 0.211. The fourth-order valence-electron chi connectivity index (χ4n) is 2.35. The van der Waals surface area contributed by atoms with Crippen molar-refractivity contribution in [1.29, 1.82) is 0 Å². The molecule has 0 saturated heterocycles. The molecule has 0 bridgehead atoms. The Morgan fingerprint density at radius 3 is 2.72 bits per heavy atom. The Bertz CT molecular complexity index is 902. The third-order valence-corrected chi connectivity index (χ3v) is 3.86. The molecule has 0 unspecified atom stereocenters. The number of hydrogen-bond acceptors (Lipinski definition) is 5. The topological polar surface area (TPSA) is 77.2 Å². The zero-order chi connectivity index (χ0) is 17.8. The molecule has 0 aliphatic rings. The van der Waals surface area contributed by atoms with Crippen LogP contribution in [0.3, 0.4) is 0 Å². The van der Waals surface area contributed by atoms with Gasteiger partial charge in [-0.3, -0.25) is 4.79 Å². The maximum absolute atomic E-state index is 12.1. The van der Waals surface area contributed by atoms with Gasteiger partial charge < -0.3 is 14.6 Å². The van der Waals surface area contributed by atoms with Crippen molar-refractivity contribution < 1.29 is 14.1 Å². The summed E-state index contributed by atoms with van der Waals surface area (Å²) in [5.41, 5.74) is 3.71. The van der Waals surface area contributed by atoms with E-state index in [1.54, 1.807) is 19.1 Å². The number of nitrogens with one attached hydrogen (secondary N) is 1. The van der Waals surface area contributed by atoms with E-state index in [2.05, 4.69) is 15.5 Å². The van der Waals surface area contributed by atoms with Gasteiger partial charge in [0.25, 0.3) is 11.8 Å². The minimum Gasteiger partial charge on any atom is -0.484 e. The van der Waals surface area contributed by atoms with Gasteiger partial charge in [-0.2, -0.15) is 4.98 Å². The van der Waals surface area contributed by atoms with Crippen molar-refractivity contribution >= 4 is 11.6 Å². The molecular formula is C19H19N3O3. The number of amides is 1. The predicted molar refractivity (Wildman–Crippen MR) is 94.5 cm³/mol. The van der Waals surface area contributed by atoms with Crippen LogP contribution in [-0.2, 0) is 4.79 Å². The van der Waals surface area contributed by atoms with Crippen molar-refractivity contribution in [3.63, 3.8) is 0 Å². The number of hydrogen-bond donors (Lipinski definition) is 1. The standard InChI is InChI=1S/C19H19N3O3/c1-12-6-4-9-17(13(12)2)21-18(23)11-24-16-8-5-7-15(10-16)19-20-14(3)22-25-19/h4-10H,11H2,1-3H3,(H,21,23). The van der Waals surface area contributed by atoms with Gasteiger partial charge in [-0.1, -0.05) is 23.4 Å². The van der Waals surface area contributed by atoms with Crippen LogP contribution in [-0.4, -0.2) is 22.7 Å². The summed E-state index contributed by atoms with van der Waals surface area (Å²) in [6, 6.07) is 13.0. The lowest BCUT2D eigenvalue weighted by atomic mass is 10.1. The van der Waals surface area contributed by atoms with Crippen LogP contribution in [0, 0.1) is 20.8 Å². The fourth-order valence-corrected chi connectivity index (χ4v) is 2.35. The van der Waals surface area contributed by atoms with Crippen molar-refractivity contribution in [1.82, 2.24) is 10.1 Å². The van der Waals surface area contributed by atoms with E-state index in [1.165, 1.54) is 0 Å². The monoisotopic (exact) mass is 337 g/mol. The normalized spacial score (nSPS) is 10.5. The molecule has 3 rings (SSSR count). The first-order valence-corrected chi connectivity index (χ1v) is 7.92. The summed E-state index contributed by atoms with van der Waals surface area (Å²) in [5.74, 6) is 1.33. The van der Waals surface area contributed by atoms with E-state index >= 15 is 0 Å². The molecule has 6 heteroatoms. The molecule has 2 aromatic carbocycles. The van der Waals surface area contributed by atoms with Gasteiger partial charge in [-0.15, -0.1) is 0 Å². The first-order valence-electron chi connectivity index (χ1n) is 7.92. The van der Waals surface area contributed by atoms with Crippen LogP contribution in [0.15, 0.2) is 47.0 Å². The van der Waals surface area contributed by atoms with Gasteiger partial charge in [0.15, 0.2) is 12.4 Å². The number of ether oxygens (including phenoxy) is 1. The van der Waals surface area contributed by atoms with Crippen molar-refractivity contribution in [3.05, 3.63) is 59.4 Å². The first-order chi connectivity index (χ1) is 12.0. The Kier molecular flexibility index (Phi) is 4.79. The summed E-state index contributed by atoms with van der Waals surface area (Å²) < 4.78 is 10.7. The summed E-state index contributed by atoms with van der Waals surface area (Å²) in [5, 5.41) is 6.63. The molecule has 1 N–H and O–H groups in total.